The summed E-state index contributed by atoms with van der Waals surface area (Å²) in [6.45, 7) is 0.803. The first-order valence-electron chi connectivity index (χ1n) is 11.1. The largest absolute Gasteiger partial charge is 0.465 e. The van der Waals surface area contributed by atoms with Gasteiger partial charge in [0.05, 0.1) is 12.7 Å². The summed E-state index contributed by atoms with van der Waals surface area (Å²) in [6.07, 6.45) is 2.84. The Bertz CT molecular complexity index is 1060. The molecule has 0 bridgehead atoms. The van der Waals surface area contributed by atoms with Crippen LogP contribution in [0.2, 0.25) is 0 Å². The van der Waals surface area contributed by atoms with Crippen LogP contribution in [0.15, 0.2) is 90.5 Å². The van der Waals surface area contributed by atoms with Crippen LogP contribution >= 0.6 is 0 Å². The van der Waals surface area contributed by atoms with Crippen molar-refractivity contribution in [3.05, 3.63) is 113 Å². The minimum atomic E-state index is -0.454. The second kappa shape index (κ2) is 12.7. The number of carbonyl (C=O) groups excluding carboxylic acids is 3. The van der Waals surface area contributed by atoms with Crippen LogP contribution in [0, 0.1) is 0 Å². The summed E-state index contributed by atoms with van der Waals surface area (Å²) in [5.41, 5.74) is 3.21. The first-order valence-corrected chi connectivity index (χ1v) is 11.1. The van der Waals surface area contributed by atoms with Gasteiger partial charge in [-0.2, -0.15) is 0 Å². The maximum absolute atomic E-state index is 12.9. The summed E-state index contributed by atoms with van der Waals surface area (Å²) in [5.74, 6) is -1.36. The smallest absolute Gasteiger partial charge is 0.337 e. The van der Waals surface area contributed by atoms with Gasteiger partial charge in [-0.05, 0) is 47.7 Å². The molecule has 34 heavy (non-hydrogen) atoms. The van der Waals surface area contributed by atoms with Gasteiger partial charge in [0.25, 0.3) is 11.8 Å². The van der Waals surface area contributed by atoms with E-state index in [1.807, 2.05) is 60.7 Å². The SMILES string of the molecule is COC(=O)c1ccc(C=C(C(=O)NCCc2ccccc2)C(=O)NCCc2ccccc2)cc1. The minimum Gasteiger partial charge on any atom is -0.465 e. The predicted molar refractivity (Wildman–Crippen MR) is 132 cm³/mol. The monoisotopic (exact) mass is 456 g/mol. The van der Waals surface area contributed by atoms with E-state index < -0.39 is 17.8 Å². The fourth-order valence-corrected chi connectivity index (χ4v) is 3.35. The number of carbonyl (C=O) groups is 3. The lowest BCUT2D eigenvalue weighted by Gasteiger charge is -2.11. The molecule has 0 spiro atoms. The van der Waals surface area contributed by atoms with Crippen molar-refractivity contribution in [1.29, 1.82) is 0 Å². The number of esters is 1. The van der Waals surface area contributed by atoms with Crippen LogP contribution in [0.3, 0.4) is 0 Å². The molecule has 0 radical (unpaired) electrons. The van der Waals surface area contributed by atoms with Gasteiger partial charge in [0.15, 0.2) is 0 Å². The number of rotatable bonds is 10. The van der Waals surface area contributed by atoms with Gasteiger partial charge >= 0.3 is 5.97 Å². The Labute approximate surface area is 199 Å². The summed E-state index contributed by atoms with van der Waals surface area (Å²) in [6, 6.07) is 26.1. The highest BCUT2D eigenvalue weighted by Crippen LogP contribution is 2.11. The maximum atomic E-state index is 12.9. The number of nitrogens with one attached hydrogen (secondary N) is 2. The van der Waals surface area contributed by atoms with Gasteiger partial charge in [-0.25, -0.2) is 4.79 Å². The molecule has 0 aliphatic carbocycles. The molecule has 0 saturated heterocycles. The average Bonchev–Trinajstić information content (AvgIpc) is 2.88. The van der Waals surface area contributed by atoms with Crippen molar-refractivity contribution >= 4 is 23.9 Å². The van der Waals surface area contributed by atoms with Crippen LogP contribution < -0.4 is 10.6 Å². The lowest BCUT2D eigenvalue weighted by atomic mass is 10.1. The van der Waals surface area contributed by atoms with Gasteiger partial charge in [0.1, 0.15) is 5.57 Å². The molecule has 2 amide bonds. The van der Waals surface area contributed by atoms with Crippen LogP contribution in [0.5, 0.6) is 0 Å². The Morgan fingerprint density at radius 2 is 1.18 bits per heavy atom. The first-order chi connectivity index (χ1) is 16.6. The third kappa shape index (κ3) is 7.45. The van der Waals surface area contributed by atoms with Crippen molar-refractivity contribution in [2.24, 2.45) is 0 Å². The van der Waals surface area contributed by atoms with E-state index in [0.29, 0.717) is 37.1 Å². The van der Waals surface area contributed by atoms with Crippen LogP contribution in [-0.2, 0) is 27.2 Å². The van der Waals surface area contributed by atoms with Gasteiger partial charge in [-0.1, -0.05) is 72.8 Å². The Morgan fingerprint density at radius 3 is 1.62 bits per heavy atom. The highest BCUT2D eigenvalue weighted by molar-refractivity contribution is 6.21. The van der Waals surface area contributed by atoms with Crippen LogP contribution in [0.4, 0.5) is 0 Å². The molecule has 0 aliphatic rings. The van der Waals surface area contributed by atoms with Crippen molar-refractivity contribution in [2.75, 3.05) is 20.2 Å². The minimum absolute atomic E-state index is 0.00643. The molecular weight excluding hydrogens is 428 g/mol. The fourth-order valence-electron chi connectivity index (χ4n) is 3.35. The molecular formula is C28H28N2O4. The Balaban J connectivity index is 1.69. The van der Waals surface area contributed by atoms with E-state index in [2.05, 4.69) is 10.6 Å². The number of hydrogen-bond donors (Lipinski definition) is 2. The van der Waals surface area contributed by atoms with Crippen molar-refractivity contribution < 1.29 is 19.1 Å². The summed E-state index contributed by atoms with van der Waals surface area (Å²) < 4.78 is 4.71. The molecule has 0 aromatic heterocycles. The second-order valence-electron chi connectivity index (χ2n) is 7.65. The van der Waals surface area contributed by atoms with E-state index >= 15 is 0 Å². The Kier molecular flexibility index (Phi) is 9.17. The van der Waals surface area contributed by atoms with Crippen molar-refractivity contribution in [2.45, 2.75) is 12.8 Å². The molecule has 0 saturated carbocycles. The molecule has 3 rings (SSSR count). The highest BCUT2D eigenvalue weighted by atomic mass is 16.5. The summed E-state index contributed by atoms with van der Waals surface area (Å²) in [7, 11) is 1.31. The normalized spacial score (nSPS) is 10.1. The summed E-state index contributed by atoms with van der Waals surface area (Å²) >= 11 is 0. The van der Waals surface area contributed by atoms with Gasteiger partial charge in [0.2, 0.25) is 0 Å². The predicted octanol–water partition coefficient (Wildman–Crippen LogP) is 3.57. The molecule has 174 valence electrons. The standard InChI is InChI=1S/C28H28N2O4/c1-34-28(33)24-14-12-23(13-15-24)20-25(26(31)29-18-16-21-8-4-2-5-9-21)27(32)30-19-17-22-10-6-3-7-11-22/h2-15,20H,16-19H2,1H3,(H,29,31)(H,30,32). The van der Waals surface area contributed by atoms with Gasteiger partial charge < -0.3 is 15.4 Å². The quantitative estimate of drug-likeness (QED) is 0.211. The topological polar surface area (TPSA) is 84.5 Å². The number of hydrogen-bond acceptors (Lipinski definition) is 4. The number of methoxy groups -OCH3 is 1. The zero-order chi connectivity index (χ0) is 24.2. The van der Waals surface area contributed by atoms with Crippen LogP contribution in [-0.4, -0.2) is 38.0 Å². The second-order valence-corrected chi connectivity index (χ2v) is 7.65. The highest BCUT2D eigenvalue weighted by Gasteiger charge is 2.18. The van der Waals surface area contributed by atoms with Crippen molar-refractivity contribution in [3.63, 3.8) is 0 Å². The third-order valence-electron chi connectivity index (χ3n) is 5.22. The molecule has 0 atom stereocenters. The molecule has 0 unspecified atom stereocenters. The van der Waals surface area contributed by atoms with Gasteiger partial charge in [-0.15, -0.1) is 0 Å². The summed E-state index contributed by atoms with van der Waals surface area (Å²) in [4.78, 5) is 37.5. The maximum Gasteiger partial charge on any atom is 0.337 e. The molecule has 6 heteroatoms. The molecule has 0 aliphatic heterocycles. The Hall–Kier alpha value is -4.19. The van der Waals surface area contributed by atoms with Gasteiger partial charge in [0, 0.05) is 13.1 Å². The Morgan fingerprint density at radius 1 is 0.706 bits per heavy atom. The van der Waals surface area contributed by atoms with Crippen molar-refractivity contribution in [1.82, 2.24) is 10.6 Å². The fraction of sp³-hybridized carbons (Fsp3) is 0.179. The van der Waals surface area contributed by atoms with Gasteiger partial charge in [-0.3, -0.25) is 9.59 Å². The first kappa shape index (κ1) is 24.5. The van der Waals surface area contributed by atoms with E-state index in [-0.39, 0.29) is 5.57 Å². The van der Waals surface area contributed by atoms with E-state index in [1.165, 1.54) is 13.2 Å². The van der Waals surface area contributed by atoms with E-state index in [0.717, 1.165) is 11.1 Å². The van der Waals surface area contributed by atoms with Crippen molar-refractivity contribution in [3.8, 4) is 0 Å². The molecule has 6 nitrogen and oxygen atoms in total. The molecule has 0 heterocycles. The van der Waals surface area contributed by atoms with E-state index in [1.54, 1.807) is 24.3 Å². The van der Waals surface area contributed by atoms with Crippen LogP contribution in [0.25, 0.3) is 6.08 Å². The number of benzene rings is 3. The molecule has 3 aromatic carbocycles. The molecule has 2 N–H and O–H groups in total. The van der Waals surface area contributed by atoms with E-state index in [9.17, 15) is 14.4 Å². The number of amides is 2. The lowest BCUT2D eigenvalue weighted by Crippen LogP contribution is -2.36. The average molecular weight is 457 g/mol. The molecule has 0 fully saturated rings. The summed E-state index contributed by atoms with van der Waals surface area (Å²) in [5, 5.41) is 5.67. The number of ether oxygens (including phenoxy) is 1. The lowest BCUT2D eigenvalue weighted by molar-refractivity contribution is -0.123. The third-order valence-corrected chi connectivity index (χ3v) is 5.22. The molecule has 3 aromatic rings. The zero-order valence-corrected chi connectivity index (χ0v) is 19.1. The zero-order valence-electron chi connectivity index (χ0n) is 19.1. The van der Waals surface area contributed by atoms with Crippen LogP contribution in [0.1, 0.15) is 27.0 Å². The van der Waals surface area contributed by atoms with E-state index in [4.69, 9.17) is 4.74 Å².